The molecule has 0 radical (unpaired) electrons. The normalized spacial score (nSPS) is 15.4. The fourth-order valence-corrected chi connectivity index (χ4v) is 3.71. The zero-order chi connectivity index (χ0) is 23.8. The van der Waals surface area contributed by atoms with Crippen LogP contribution >= 0.6 is 0 Å². The third-order valence-electron chi connectivity index (χ3n) is 5.38. The number of allylic oxidation sites excluding steroid dienone is 1. The molecule has 8 heteroatoms. The van der Waals surface area contributed by atoms with Crippen LogP contribution in [0, 0.1) is 0 Å². The highest BCUT2D eigenvalue weighted by atomic mass is 16.5. The van der Waals surface area contributed by atoms with Crippen LogP contribution < -0.4 is 24.8 Å². The van der Waals surface area contributed by atoms with Crippen molar-refractivity contribution in [3.8, 4) is 17.2 Å². The molecule has 2 aromatic carbocycles. The summed E-state index contributed by atoms with van der Waals surface area (Å²) < 4.78 is 22.2. The summed E-state index contributed by atoms with van der Waals surface area (Å²) >= 11 is 0. The van der Waals surface area contributed by atoms with Gasteiger partial charge in [-0.05, 0) is 36.1 Å². The average Bonchev–Trinajstić information content (AvgIpc) is 2.85. The first kappa shape index (κ1) is 24.0. The quantitative estimate of drug-likeness (QED) is 0.521. The summed E-state index contributed by atoms with van der Waals surface area (Å²) in [5.41, 5.74) is 2.51. The van der Waals surface area contributed by atoms with E-state index in [4.69, 9.17) is 18.9 Å². The molecule has 0 spiro atoms. The monoisotopic (exact) mass is 454 g/mol. The van der Waals surface area contributed by atoms with E-state index < -0.39 is 12.0 Å². The topological polar surface area (TPSA) is 95.1 Å². The van der Waals surface area contributed by atoms with Crippen LogP contribution in [-0.2, 0) is 16.1 Å². The molecule has 0 aromatic heterocycles. The summed E-state index contributed by atoms with van der Waals surface area (Å²) in [5, 5.41) is 5.59. The zero-order valence-electron chi connectivity index (χ0n) is 19.4. The first-order valence-electron chi connectivity index (χ1n) is 10.8. The van der Waals surface area contributed by atoms with E-state index in [0.29, 0.717) is 47.1 Å². The molecule has 0 saturated heterocycles. The van der Waals surface area contributed by atoms with Crippen LogP contribution in [-0.4, -0.2) is 33.3 Å². The van der Waals surface area contributed by atoms with Crippen LogP contribution in [0.4, 0.5) is 4.79 Å². The molecule has 1 aliphatic heterocycles. The van der Waals surface area contributed by atoms with Crippen molar-refractivity contribution in [1.29, 1.82) is 0 Å². The zero-order valence-corrected chi connectivity index (χ0v) is 19.4. The number of benzene rings is 2. The van der Waals surface area contributed by atoms with Crippen LogP contribution in [0.15, 0.2) is 53.7 Å². The molecule has 0 saturated carbocycles. The Balaban J connectivity index is 2.02. The Labute approximate surface area is 193 Å². The number of urea groups is 1. The van der Waals surface area contributed by atoms with E-state index in [1.807, 2.05) is 37.3 Å². The Hall–Kier alpha value is -3.68. The van der Waals surface area contributed by atoms with Gasteiger partial charge in [-0.25, -0.2) is 9.59 Å². The van der Waals surface area contributed by atoms with Gasteiger partial charge >= 0.3 is 12.0 Å². The summed E-state index contributed by atoms with van der Waals surface area (Å²) in [7, 11) is 4.37. The highest BCUT2D eigenvalue weighted by molar-refractivity contribution is 5.95. The number of methoxy groups -OCH3 is 3. The molecule has 176 valence electrons. The van der Waals surface area contributed by atoms with Crippen molar-refractivity contribution in [1.82, 2.24) is 10.6 Å². The van der Waals surface area contributed by atoms with Crippen molar-refractivity contribution in [3.05, 3.63) is 64.9 Å². The van der Waals surface area contributed by atoms with Crippen LogP contribution in [0.3, 0.4) is 0 Å². The molecule has 1 atom stereocenters. The van der Waals surface area contributed by atoms with Gasteiger partial charge < -0.3 is 29.6 Å². The number of hydrogen-bond acceptors (Lipinski definition) is 6. The minimum Gasteiger partial charge on any atom is -0.493 e. The van der Waals surface area contributed by atoms with Crippen LogP contribution in [0.5, 0.6) is 17.2 Å². The van der Waals surface area contributed by atoms with Gasteiger partial charge in [0.15, 0.2) is 11.5 Å². The number of amides is 2. The molecule has 1 heterocycles. The first-order valence-corrected chi connectivity index (χ1v) is 10.8. The van der Waals surface area contributed by atoms with Crippen LogP contribution in [0.25, 0.3) is 0 Å². The number of esters is 1. The molecule has 1 unspecified atom stereocenters. The SMILES string of the molecule is CCCCC1=C(C(=O)OC)C(c2cc(OC)c(OCc3ccccc3)c(OC)c2)NC(=O)N1. The van der Waals surface area contributed by atoms with Crippen molar-refractivity contribution >= 4 is 12.0 Å². The van der Waals surface area contributed by atoms with Gasteiger partial charge in [-0.2, -0.15) is 0 Å². The van der Waals surface area contributed by atoms with E-state index in [2.05, 4.69) is 10.6 Å². The molecule has 33 heavy (non-hydrogen) atoms. The molecule has 8 nitrogen and oxygen atoms in total. The predicted molar refractivity (Wildman–Crippen MR) is 123 cm³/mol. The number of hydrogen-bond donors (Lipinski definition) is 2. The maximum atomic E-state index is 12.7. The van der Waals surface area contributed by atoms with Crippen molar-refractivity contribution in [2.45, 2.75) is 38.8 Å². The van der Waals surface area contributed by atoms with Gasteiger partial charge in [-0.3, -0.25) is 0 Å². The number of ether oxygens (including phenoxy) is 4. The van der Waals surface area contributed by atoms with Crippen LogP contribution in [0.2, 0.25) is 0 Å². The van der Waals surface area contributed by atoms with Gasteiger partial charge in [0.05, 0.1) is 32.9 Å². The second kappa shape index (κ2) is 11.3. The lowest BCUT2D eigenvalue weighted by atomic mass is 9.93. The molecular weight excluding hydrogens is 424 g/mol. The Kier molecular flexibility index (Phi) is 8.18. The van der Waals surface area contributed by atoms with E-state index in [1.54, 1.807) is 12.1 Å². The van der Waals surface area contributed by atoms with Gasteiger partial charge in [0.2, 0.25) is 5.75 Å². The van der Waals surface area contributed by atoms with Gasteiger partial charge in [-0.1, -0.05) is 43.7 Å². The molecule has 2 N–H and O–H groups in total. The lowest BCUT2D eigenvalue weighted by Crippen LogP contribution is -2.45. The Bertz CT molecular complexity index is 994. The number of unbranched alkanes of at least 4 members (excludes halogenated alkanes) is 1. The molecule has 3 rings (SSSR count). The Morgan fingerprint density at radius 1 is 1.03 bits per heavy atom. The van der Waals surface area contributed by atoms with Crippen molar-refractivity contribution < 1.29 is 28.5 Å². The molecule has 2 aromatic rings. The molecule has 2 amide bonds. The predicted octanol–water partition coefficient (Wildman–Crippen LogP) is 4.25. The third-order valence-corrected chi connectivity index (χ3v) is 5.38. The second-order valence-corrected chi connectivity index (χ2v) is 7.55. The van der Waals surface area contributed by atoms with E-state index in [-0.39, 0.29) is 6.03 Å². The van der Waals surface area contributed by atoms with E-state index >= 15 is 0 Å². The number of nitrogens with one attached hydrogen (secondary N) is 2. The standard InChI is InChI=1S/C25H30N2O6/c1-5-6-12-18-21(24(28)32-4)22(27-25(29)26-18)17-13-19(30-2)23(20(14-17)31-3)33-15-16-10-8-7-9-11-16/h7-11,13-14,22H,5-6,12,15H2,1-4H3,(H2,26,27,29). The number of carbonyl (C=O) groups excluding carboxylic acids is 2. The number of carbonyl (C=O) groups is 2. The molecule has 0 aliphatic carbocycles. The third kappa shape index (κ3) is 5.58. The minimum absolute atomic E-state index is 0.325. The lowest BCUT2D eigenvalue weighted by molar-refractivity contribution is -0.136. The fraction of sp³-hybridized carbons (Fsp3) is 0.360. The maximum absolute atomic E-state index is 12.7. The van der Waals surface area contributed by atoms with E-state index in [9.17, 15) is 9.59 Å². The van der Waals surface area contributed by atoms with Gasteiger partial charge in [0.25, 0.3) is 0 Å². The second-order valence-electron chi connectivity index (χ2n) is 7.55. The van der Waals surface area contributed by atoms with Gasteiger partial charge in [0.1, 0.15) is 6.61 Å². The summed E-state index contributed by atoms with van der Waals surface area (Å²) in [6.45, 7) is 2.37. The molecular formula is C25H30N2O6. The molecule has 0 bridgehead atoms. The van der Waals surface area contributed by atoms with Crippen molar-refractivity contribution in [3.63, 3.8) is 0 Å². The number of rotatable bonds is 10. The highest BCUT2D eigenvalue weighted by Gasteiger charge is 2.34. The first-order chi connectivity index (χ1) is 16.0. The van der Waals surface area contributed by atoms with Crippen molar-refractivity contribution in [2.75, 3.05) is 21.3 Å². The van der Waals surface area contributed by atoms with E-state index in [1.165, 1.54) is 21.3 Å². The largest absolute Gasteiger partial charge is 0.493 e. The summed E-state index contributed by atoms with van der Waals surface area (Å²) in [6, 6.07) is 12.1. The minimum atomic E-state index is -0.732. The smallest absolute Gasteiger partial charge is 0.337 e. The summed E-state index contributed by atoms with van der Waals surface area (Å²) in [6.07, 6.45) is 2.29. The molecule has 0 fully saturated rings. The van der Waals surface area contributed by atoms with Gasteiger partial charge in [0, 0.05) is 5.70 Å². The van der Waals surface area contributed by atoms with Crippen LogP contribution in [0.1, 0.15) is 43.4 Å². The Morgan fingerprint density at radius 3 is 2.27 bits per heavy atom. The average molecular weight is 455 g/mol. The van der Waals surface area contributed by atoms with Gasteiger partial charge in [-0.15, -0.1) is 0 Å². The lowest BCUT2D eigenvalue weighted by Gasteiger charge is -2.30. The fourth-order valence-electron chi connectivity index (χ4n) is 3.71. The van der Waals surface area contributed by atoms with E-state index in [0.717, 1.165) is 18.4 Å². The van der Waals surface area contributed by atoms with Crippen molar-refractivity contribution in [2.24, 2.45) is 0 Å². The summed E-state index contributed by atoms with van der Waals surface area (Å²) in [4.78, 5) is 25.1. The Morgan fingerprint density at radius 2 is 1.70 bits per heavy atom. The summed E-state index contributed by atoms with van der Waals surface area (Å²) in [5.74, 6) is 0.767. The maximum Gasteiger partial charge on any atom is 0.337 e. The molecule has 1 aliphatic rings. The highest BCUT2D eigenvalue weighted by Crippen LogP contribution is 2.42.